The van der Waals surface area contributed by atoms with Crippen LogP contribution in [0.4, 0.5) is 5.69 Å². The van der Waals surface area contributed by atoms with Crippen molar-refractivity contribution in [3.8, 4) is 0 Å². The molecule has 0 amide bonds. The van der Waals surface area contributed by atoms with Gasteiger partial charge in [0, 0.05) is 18.8 Å². The van der Waals surface area contributed by atoms with Crippen LogP contribution in [-0.4, -0.2) is 29.6 Å². The molecule has 0 radical (unpaired) electrons. The Hall–Kier alpha value is -1.55. The van der Waals surface area contributed by atoms with Crippen LogP contribution in [0, 0.1) is 0 Å². The third-order valence-electron chi connectivity index (χ3n) is 2.87. The molecule has 80 valence electrons. The topological polar surface area (TPSA) is 66.6 Å². The van der Waals surface area contributed by atoms with E-state index in [1.54, 1.807) is 6.07 Å². The second-order valence-corrected chi connectivity index (χ2v) is 3.96. The summed E-state index contributed by atoms with van der Waals surface area (Å²) in [5.74, 6) is -0.950. The number of aromatic carboxylic acids is 1. The third kappa shape index (κ3) is 1.68. The van der Waals surface area contributed by atoms with E-state index >= 15 is 0 Å². The van der Waals surface area contributed by atoms with Gasteiger partial charge in [-0.1, -0.05) is 6.07 Å². The molecule has 2 rings (SSSR count). The van der Waals surface area contributed by atoms with Crippen LogP contribution in [0.2, 0.25) is 0 Å². The first-order valence-electron chi connectivity index (χ1n) is 4.91. The number of rotatable bonds is 1. The molecule has 0 spiro atoms. The van der Waals surface area contributed by atoms with Crippen molar-refractivity contribution in [2.75, 3.05) is 19.3 Å². The summed E-state index contributed by atoms with van der Waals surface area (Å²) in [6, 6.07) is 3.46. The zero-order valence-electron chi connectivity index (χ0n) is 8.66. The SMILES string of the molecule is CN1CCc2c(ccc(C(=O)O)c2N)C1. The van der Waals surface area contributed by atoms with Gasteiger partial charge in [-0.3, -0.25) is 0 Å². The van der Waals surface area contributed by atoms with Crippen molar-refractivity contribution in [1.29, 1.82) is 0 Å². The van der Waals surface area contributed by atoms with E-state index in [0.29, 0.717) is 5.69 Å². The van der Waals surface area contributed by atoms with Gasteiger partial charge in [-0.15, -0.1) is 0 Å². The molecule has 3 N–H and O–H groups in total. The molecule has 0 aromatic heterocycles. The van der Waals surface area contributed by atoms with E-state index in [9.17, 15) is 4.79 Å². The van der Waals surface area contributed by atoms with Crippen molar-refractivity contribution in [3.63, 3.8) is 0 Å². The number of carboxylic acids is 1. The molecule has 0 atom stereocenters. The Bertz CT molecular complexity index is 415. The van der Waals surface area contributed by atoms with Crippen molar-refractivity contribution in [1.82, 2.24) is 4.90 Å². The van der Waals surface area contributed by atoms with Crippen molar-refractivity contribution in [3.05, 3.63) is 28.8 Å². The van der Waals surface area contributed by atoms with Gasteiger partial charge in [0.25, 0.3) is 0 Å². The van der Waals surface area contributed by atoms with Crippen LogP contribution in [0.25, 0.3) is 0 Å². The summed E-state index contributed by atoms with van der Waals surface area (Å²) in [5.41, 5.74) is 8.66. The lowest BCUT2D eigenvalue weighted by Gasteiger charge is -2.26. The fourth-order valence-corrected chi connectivity index (χ4v) is 2.01. The van der Waals surface area contributed by atoms with Gasteiger partial charge in [-0.05, 0) is 30.7 Å². The molecular weight excluding hydrogens is 192 g/mol. The van der Waals surface area contributed by atoms with E-state index in [4.69, 9.17) is 10.8 Å². The Kier molecular flexibility index (Phi) is 2.36. The van der Waals surface area contributed by atoms with Gasteiger partial charge in [-0.25, -0.2) is 4.79 Å². The lowest BCUT2D eigenvalue weighted by molar-refractivity contribution is 0.0698. The molecular formula is C11H14N2O2. The number of benzene rings is 1. The first-order valence-corrected chi connectivity index (χ1v) is 4.91. The smallest absolute Gasteiger partial charge is 0.337 e. The number of hydrogen-bond donors (Lipinski definition) is 2. The maximum atomic E-state index is 10.9. The van der Waals surface area contributed by atoms with E-state index in [-0.39, 0.29) is 5.56 Å². The van der Waals surface area contributed by atoms with Crippen LogP contribution in [0.5, 0.6) is 0 Å². The van der Waals surface area contributed by atoms with E-state index in [1.807, 2.05) is 13.1 Å². The molecule has 1 aromatic carbocycles. The Labute approximate surface area is 88.3 Å². The average molecular weight is 206 g/mol. The molecule has 4 nitrogen and oxygen atoms in total. The van der Waals surface area contributed by atoms with Crippen LogP contribution in [0.15, 0.2) is 12.1 Å². The van der Waals surface area contributed by atoms with Crippen molar-refractivity contribution in [2.24, 2.45) is 0 Å². The predicted molar refractivity (Wildman–Crippen MR) is 57.9 cm³/mol. The molecule has 15 heavy (non-hydrogen) atoms. The maximum Gasteiger partial charge on any atom is 0.337 e. The van der Waals surface area contributed by atoms with Crippen molar-refractivity contribution < 1.29 is 9.90 Å². The normalized spacial score (nSPS) is 16.1. The second-order valence-electron chi connectivity index (χ2n) is 3.96. The highest BCUT2D eigenvalue weighted by Gasteiger charge is 2.19. The quantitative estimate of drug-likeness (QED) is 0.671. The van der Waals surface area contributed by atoms with Crippen LogP contribution < -0.4 is 5.73 Å². The highest BCUT2D eigenvalue weighted by molar-refractivity contribution is 5.94. The number of carbonyl (C=O) groups is 1. The predicted octanol–water partition coefficient (Wildman–Crippen LogP) is 0.955. The monoisotopic (exact) mass is 206 g/mol. The van der Waals surface area contributed by atoms with Gasteiger partial charge >= 0.3 is 5.97 Å². The van der Waals surface area contributed by atoms with Crippen molar-refractivity contribution in [2.45, 2.75) is 13.0 Å². The fourth-order valence-electron chi connectivity index (χ4n) is 2.01. The van der Waals surface area contributed by atoms with Gasteiger partial charge in [0.1, 0.15) is 0 Å². The van der Waals surface area contributed by atoms with E-state index in [1.165, 1.54) is 0 Å². The summed E-state index contributed by atoms with van der Waals surface area (Å²) < 4.78 is 0. The fraction of sp³-hybridized carbons (Fsp3) is 0.364. The summed E-state index contributed by atoms with van der Waals surface area (Å²) >= 11 is 0. The average Bonchev–Trinajstić information content (AvgIpc) is 2.17. The number of hydrogen-bond acceptors (Lipinski definition) is 3. The van der Waals surface area contributed by atoms with E-state index in [2.05, 4.69) is 4.90 Å². The molecule has 1 heterocycles. The number of fused-ring (bicyclic) bond motifs is 1. The molecule has 0 fully saturated rings. The molecule has 0 saturated heterocycles. The zero-order chi connectivity index (χ0) is 11.0. The Morgan fingerprint density at radius 3 is 2.93 bits per heavy atom. The maximum absolute atomic E-state index is 10.9. The Balaban J connectivity index is 2.49. The molecule has 4 heteroatoms. The Morgan fingerprint density at radius 1 is 1.53 bits per heavy atom. The highest BCUT2D eigenvalue weighted by atomic mass is 16.4. The summed E-state index contributed by atoms with van der Waals surface area (Å²) in [6.45, 7) is 1.78. The van der Waals surface area contributed by atoms with Crippen LogP contribution in [0.1, 0.15) is 21.5 Å². The zero-order valence-corrected chi connectivity index (χ0v) is 8.66. The molecule has 0 saturated carbocycles. The molecule has 1 aliphatic rings. The van der Waals surface area contributed by atoms with Gasteiger partial charge in [0.2, 0.25) is 0 Å². The second kappa shape index (κ2) is 3.55. The van der Waals surface area contributed by atoms with Gasteiger partial charge in [-0.2, -0.15) is 0 Å². The van der Waals surface area contributed by atoms with Crippen LogP contribution >= 0.6 is 0 Å². The first-order chi connectivity index (χ1) is 7.09. The lowest BCUT2D eigenvalue weighted by Crippen LogP contribution is -2.27. The molecule has 0 unspecified atom stereocenters. The van der Waals surface area contributed by atoms with E-state index < -0.39 is 5.97 Å². The molecule has 1 aromatic rings. The highest BCUT2D eigenvalue weighted by Crippen LogP contribution is 2.26. The Morgan fingerprint density at radius 2 is 2.27 bits per heavy atom. The van der Waals surface area contributed by atoms with Gasteiger partial charge < -0.3 is 15.7 Å². The summed E-state index contributed by atoms with van der Waals surface area (Å²) in [6.07, 6.45) is 0.832. The summed E-state index contributed by atoms with van der Waals surface area (Å²) in [7, 11) is 2.05. The number of nitrogens with two attached hydrogens (primary N) is 1. The number of anilines is 1. The minimum absolute atomic E-state index is 0.221. The van der Waals surface area contributed by atoms with Gasteiger partial charge in [0.05, 0.1) is 5.56 Å². The van der Waals surface area contributed by atoms with Crippen molar-refractivity contribution >= 4 is 11.7 Å². The third-order valence-corrected chi connectivity index (χ3v) is 2.87. The van der Waals surface area contributed by atoms with Crippen LogP contribution in [-0.2, 0) is 13.0 Å². The molecule has 0 bridgehead atoms. The largest absolute Gasteiger partial charge is 0.478 e. The minimum Gasteiger partial charge on any atom is -0.478 e. The van der Waals surface area contributed by atoms with Gasteiger partial charge in [0.15, 0.2) is 0 Å². The molecule has 0 aliphatic carbocycles. The van der Waals surface area contributed by atoms with Crippen LogP contribution in [0.3, 0.4) is 0 Å². The first kappa shape index (κ1) is 9.98. The summed E-state index contributed by atoms with van der Waals surface area (Å²) in [4.78, 5) is 13.1. The number of likely N-dealkylation sites (N-methyl/N-ethyl adjacent to an activating group) is 1. The summed E-state index contributed by atoms with van der Waals surface area (Å²) in [5, 5.41) is 8.93. The number of nitrogens with zero attached hydrogens (tertiary/aromatic N) is 1. The number of nitrogen functional groups attached to an aromatic ring is 1. The molecule has 1 aliphatic heterocycles. The lowest BCUT2D eigenvalue weighted by atomic mass is 9.95. The minimum atomic E-state index is -0.950. The van der Waals surface area contributed by atoms with E-state index in [0.717, 1.165) is 30.6 Å². The number of carboxylic acid groups (broad SMARTS) is 1. The standard InChI is InChI=1S/C11H14N2O2/c1-13-5-4-8-7(6-13)2-3-9(10(8)12)11(14)15/h2-3H,4-6,12H2,1H3,(H,14,15).